The molecule has 1 aromatic rings. The van der Waals surface area contributed by atoms with Crippen LogP contribution in [0.5, 0.6) is 5.88 Å². The molecule has 0 aromatic carbocycles. The van der Waals surface area contributed by atoms with E-state index in [4.69, 9.17) is 4.74 Å². The first-order valence-corrected chi connectivity index (χ1v) is 6.19. The van der Waals surface area contributed by atoms with E-state index in [0.717, 1.165) is 17.9 Å². The van der Waals surface area contributed by atoms with Crippen molar-refractivity contribution in [1.82, 2.24) is 15.6 Å². The van der Waals surface area contributed by atoms with Gasteiger partial charge in [-0.3, -0.25) is 4.99 Å². The zero-order chi connectivity index (χ0) is 13.4. The lowest BCUT2D eigenvalue weighted by Crippen LogP contribution is -2.34. The standard InChI is InChI=1S/C13H22N4O/c1-5-10(2)18-12-8-11(6-7-16-12)9-17-13(14-3)15-4/h6-8,10H,5,9H2,1-4H3,(H2,14,15,17). The number of ether oxygens (including phenoxy) is 1. The molecule has 0 spiro atoms. The minimum Gasteiger partial charge on any atom is -0.475 e. The zero-order valence-electron chi connectivity index (χ0n) is 11.5. The van der Waals surface area contributed by atoms with Gasteiger partial charge in [0.15, 0.2) is 5.96 Å². The maximum Gasteiger partial charge on any atom is 0.213 e. The van der Waals surface area contributed by atoms with E-state index in [9.17, 15) is 0 Å². The number of guanidine groups is 1. The van der Waals surface area contributed by atoms with E-state index < -0.39 is 0 Å². The van der Waals surface area contributed by atoms with E-state index in [-0.39, 0.29) is 6.10 Å². The van der Waals surface area contributed by atoms with Gasteiger partial charge < -0.3 is 15.4 Å². The Kier molecular flexibility index (Phi) is 5.97. The van der Waals surface area contributed by atoms with Gasteiger partial charge in [0.1, 0.15) is 0 Å². The summed E-state index contributed by atoms with van der Waals surface area (Å²) in [5.74, 6) is 1.43. The fraction of sp³-hybridized carbons (Fsp3) is 0.538. The lowest BCUT2D eigenvalue weighted by molar-refractivity contribution is 0.208. The van der Waals surface area contributed by atoms with Gasteiger partial charge in [0.2, 0.25) is 5.88 Å². The molecule has 1 rings (SSSR count). The van der Waals surface area contributed by atoms with Gasteiger partial charge in [-0.25, -0.2) is 4.98 Å². The van der Waals surface area contributed by atoms with E-state index in [2.05, 4.69) is 27.5 Å². The third-order valence-corrected chi connectivity index (χ3v) is 2.62. The molecular weight excluding hydrogens is 228 g/mol. The van der Waals surface area contributed by atoms with Gasteiger partial charge in [-0.2, -0.15) is 0 Å². The van der Waals surface area contributed by atoms with Crippen LogP contribution in [0.15, 0.2) is 23.3 Å². The van der Waals surface area contributed by atoms with Crippen LogP contribution >= 0.6 is 0 Å². The van der Waals surface area contributed by atoms with Crippen molar-refractivity contribution in [1.29, 1.82) is 0 Å². The molecule has 1 heterocycles. The topological polar surface area (TPSA) is 58.5 Å². The van der Waals surface area contributed by atoms with Crippen LogP contribution in [-0.4, -0.2) is 31.1 Å². The van der Waals surface area contributed by atoms with Crippen molar-refractivity contribution < 1.29 is 4.74 Å². The second kappa shape index (κ2) is 7.53. The van der Waals surface area contributed by atoms with Gasteiger partial charge in [-0.15, -0.1) is 0 Å². The lowest BCUT2D eigenvalue weighted by Gasteiger charge is -2.13. The van der Waals surface area contributed by atoms with Crippen molar-refractivity contribution in [2.24, 2.45) is 4.99 Å². The molecule has 1 atom stereocenters. The number of aromatic nitrogens is 1. The van der Waals surface area contributed by atoms with Crippen molar-refractivity contribution in [3.8, 4) is 5.88 Å². The fourth-order valence-electron chi connectivity index (χ4n) is 1.38. The second-order valence-corrected chi connectivity index (χ2v) is 4.01. The van der Waals surface area contributed by atoms with Gasteiger partial charge in [0.05, 0.1) is 6.10 Å². The summed E-state index contributed by atoms with van der Waals surface area (Å²) in [7, 11) is 3.57. The van der Waals surface area contributed by atoms with Gasteiger partial charge in [-0.05, 0) is 25.0 Å². The average Bonchev–Trinajstić information content (AvgIpc) is 2.40. The largest absolute Gasteiger partial charge is 0.475 e. The molecule has 0 saturated carbocycles. The number of pyridine rings is 1. The number of nitrogens with one attached hydrogen (secondary N) is 2. The van der Waals surface area contributed by atoms with Gasteiger partial charge in [-0.1, -0.05) is 6.92 Å². The molecular formula is C13H22N4O. The fourth-order valence-corrected chi connectivity index (χ4v) is 1.38. The number of aliphatic imine (C=N–C) groups is 1. The predicted molar refractivity (Wildman–Crippen MR) is 73.9 cm³/mol. The van der Waals surface area contributed by atoms with Gasteiger partial charge >= 0.3 is 0 Å². The van der Waals surface area contributed by atoms with E-state index in [1.54, 1.807) is 13.2 Å². The highest BCUT2D eigenvalue weighted by Crippen LogP contribution is 2.12. The molecule has 0 bridgehead atoms. The highest BCUT2D eigenvalue weighted by atomic mass is 16.5. The monoisotopic (exact) mass is 250 g/mol. The first-order chi connectivity index (χ1) is 8.69. The highest BCUT2D eigenvalue weighted by Gasteiger charge is 2.03. The number of hydrogen-bond acceptors (Lipinski definition) is 3. The Hall–Kier alpha value is -1.78. The molecule has 5 heteroatoms. The van der Waals surface area contributed by atoms with Crippen LogP contribution in [0.25, 0.3) is 0 Å². The SMILES string of the molecule is CCC(C)Oc1cc(CNC(=NC)NC)ccn1. The van der Waals surface area contributed by atoms with Crippen molar-refractivity contribution in [2.45, 2.75) is 32.9 Å². The smallest absolute Gasteiger partial charge is 0.213 e. The molecule has 1 unspecified atom stereocenters. The highest BCUT2D eigenvalue weighted by molar-refractivity contribution is 5.79. The zero-order valence-corrected chi connectivity index (χ0v) is 11.5. The Morgan fingerprint density at radius 3 is 2.94 bits per heavy atom. The van der Waals surface area contributed by atoms with Crippen LogP contribution in [0, 0.1) is 0 Å². The third-order valence-electron chi connectivity index (χ3n) is 2.62. The first kappa shape index (κ1) is 14.3. The van der Waals surface area contributed by atoms with Crippen molar-refractivity contribution in [3.63, 3.8) is 0 Å². The summed E-state index contributed by atoms with van der Waals surface area (Å²) in [6, 6.07) is 3.90. The van der Waals surface area contributed by atoms with Crippen LogP contribution in [0.4, 0.5) is 0 Å². The second-order valence-electron chi connectivity index (χ2n) is 4.01. The summed E-state index contributed by atoms with van der Waals surface area (Å²) in [5.41, 5.74) is 1.11. The number of rotatable bonds is 5. The molecule has 5 nitrogen and oxygen atoms in total. The molecule has 0 aliphatic carbocycles. The van der Waals surface area contributed by atoms with E-state index in [1.807, 2.05) is 26.1 Å². The Morgan fingerprint density at radius 1 is 1.56 bits per heavy atom. The Labute approximate surface area is 109 Å². The lowest BCUT2D eigenvalue weighted by atomic mass is 10.2. The minimum absolute atomic E-state index is 0.186. The predicted octanol–water partition coefficient (Wildman–Crippen LogP) is 1.55. The van der Waals surface area contributed by atoms with Crippen LogP contribution in [-0.2, 0) is 6.54 Å². The number of hydrogen-bond donors (Lipinski definition) is 2. The molecule has 1 aromatic heterocycles. The quantitative estimate of drug-likeness (QED) is 0.615. The molecule has 0 fully saturated rings. The summed E-state index contributed by atoms with van der Waals surface area (Å²) in [5, 5.41) is 6.16. The van der Waals surface area contributed by atoms with Crippen LogP contribution in [0.1, 0.15) is 25.8 Å². The molecule has 2 N–H and O–H groups in total. The maximum atomic E-state index is 5.68. The summed E-state index contributed by atoms with van der Waals surface area (Å²) in [4.78, 5) is 8.25. The van der Waals surface area contributed by atoms with Crippen molar-refractivity contribution in [2.75, 3.05) is 14.1 Å². The molecule has 0 amide bonds. The maximum absolute atomic E-state index is 5.68. The minimum atomic E-state index is 0.186. The number of nitrogens with zero attached hydrogens (tertiary/aromatic N) is 2. The first-order valence-electron chi connectivity index (χ1n) is 6.19. The van der Waals surface area contributed by atoms with Gasteiger partial charge in [0, 0.05) is 32.9 Å². The molecule has 100 valence electrons. The van der Waals surface area contributed by atoms with Crippen LogP contribution < -0.4 is 15.4 Å². The van der Waals surface area contributed by atoms with Crippen molar-refractivity contribution >= 4 is 5.96 Å². The van der Waals surface area contributed by atoms with Crippen LogP contribution in [0.2, 0.25) is 0 Å². The summed E-state index contributed by atoms with van der Waals surface area (Å²) in [6.07, 6.45) is 2.92. The molecule has 0 aliphatic heterocycles. The molecule has 0 radical (unpaired) electrons. The molecule has 0 saturated heterocycles. The Bertz CT molecular complexity index is 392. The molecule has 18 heavy (non-hydrogen) atoms. The Morgan fingerprint density at radius 2 is 2.33 bits per heavy atom. The van der Waals surface area contributed by atoms with E-state index in [1.165, 1.54) is 0 Å². The normalized spacial score (nSPS) is 13.0. The molecule has 0 aliphatic rings. The van der Waals surface area contributed by atoms with E-state index >= 15 is 0 Å². The summed E-state index contributed by atoms with van der Waals surface area (Å²) >= 11 is 0. The average molecular weight is 250 g/mol. The third kappa shape index (κ3) is 4.61. The van der Waals surface area contributed by atoms with Gasteiger partial charge in [0.25, 0.3) is 0 Å². The van der Waals surface area contributed by atoms with Crippen molar-refractivity contribution in [3.05, 3.63) is 23.9 Å². The van der Waals surface area contributed by atoms with E-state index in [0.29, 0.717) is 12.4 Å². The Balaban J connectivity index is 2.59. The van der Waals surface area contributed by atoms with Crippen LogP contribution in [0.3, 0.4) is 0 Å². The summed E-state index contributed by atoms with van der Waals surface area (Å²) in [6.45, 7) is 4.81. The summed E-state index contributed by atoms with van der Waals surface area (Å²) < 4.78 is 5.68.